The molecule has 1 N–H and O–H groups in total. The van der Waals surface area contributed by atoms with Crippen LogP contribution in [0.15, 0.2) is 28.1 Å². The average molecular weight is 301 g/mol. The van der Waals surface area contributed by atoms with Gasteiger partial charge in [0.15, 0.2) is 0 Å². The topological polar surface area (TPSA) is 24.9 Å². The van der Waals surface area contributed by atoms with Crippen LogP contribution in [0.1, 0.15) is 5.69 Å². The third kappa shape index (κ3) is 2.48. The van der Waals surface area contributed by atoms with Gasteiger partial charge < -0.3 is 5.32 Å². The molecule has 2 rings (SSSR count). The summed E-state index contributed by atoms with van der Waals surface area (Å²) < 4.78 is 14.0. The van der Waals surface area contributed by atoms with E-state index in [1.54, 1.807) is 6.07 Å². The van der Waals surface area contributed by atoms with E-state index >= 15 is 0 Å². The molecule has 0 fully saturated rings. The van der Waals surface area contributed by atoms with E-state index in [0.29, 0.717) is 0 Å². The van der Waals surface area contributed by atoms with Crippen molar-refractivity contribution in [2.24, 2.45) is 0 Å². The highest BCUT2D eigenvalue weighted by molar-refractivity contribution is 9.10. The minimum atomic E-state index is -0.247. The van der Waals surface area contributed by atoms with Crippen LogP contribution in [0.3, 0.4) is 0 Å². The van der Waals surface area contributed by atoms with Crippen molar-refractivity contribution in [3.8, 4) is 10.6 Å². The third-order valence-corrected chi connectivity index (χ3v) is 3.68. The summed E-state index contributed by atoms with van der Waals surface area (Å²) in [6.45, 7) is 0.726. The molecule has 0 unspecified atom stereocenters. The van der Waals surface area contributed by atoms with Gasteiger partial charge >= 0.3 is 0 Å². The standard InChI is InChI=1S/C11H10BrFN2S/c1-14-5-8-6-16-11(15-8)9-4-7(13)2-3-10(9)12/h2-4,6,14H,5H2,1H3. The van der Waals surface area contributed by atoms with Crippen LogP contribution in [0.25, 0.3) is 10.6 Å². The van der Waals surface area contributed by atoms with Crippen molar-refractivity contribution in [2.75, 3.05) is 7.05 Å². The van der Waals surface area contributed by atoms with Gasteiger partial charge in [0, 0.05) is 22.0 Å². The van der Waals surface area contributed by atoms with E-state index in [-0.39, 0.29) is 5.82 Å². The number of hydrogen-bond acceptors (Lipinski definition) is 3. The minimum Gasteiger partial charge on any atom is -0.314 e. The Morgan fingerprint density at radius 2 is 2.31 bits per heavy atom. The summed E-state index contributed by atoms with van der Waals surface area (Å²) in [5.74, 6) is -0.247. The lowest BCUT2D eigenvalue weighted by atomic mass is 10.2. The van der Waals surface area contributed by atoms with Crippen LogP contribution >= 0.6 is 27.3 Å². The number of halogens is 2. The fraction of sp³-hybridized carbons (Fsp3) is 0.182. The SMILES string of the molecule is CNCc1csc(-c2cc(F)ccc2Br)n1. The van der Waals surface area contributed by atoms with Crippen LogP contribution in [-0.2, 0) is 6.54 Å². The van der Waals surface area contributed by atoms with E-state index < -0.39 is 0 Å². The fourth-order valence-corrected chi connectivity index (χ4v) is 2.77. The van der Waals surface area contributed by atoms with Gasteiger partial charge in [-0.05, 0) is 25.2 Å². The van der Waals surface area contributed by atoms with Crippen molar-refractivity contribution < 1.29 is 4.39 Å². The average Bonchev–Trinajstić information content (AvgIpc) is 2.71. The first kappa shape index (κ1) is 11.7. The van der Waals surface area contributed by atoms with Crippen LogP contribution in [0.5, 0.6) is 0 Å². The van der Waals surface area contributed by atoms with Gasteiger partial charge in [-0.3, -0.25) is 0 Å². The molecule has 0 aliphatic heterocycles. The Morgan fingerprint density at radius 3 is 3.06 bits per heavy atom. The van der Waals surface area contributed by atoms with Gasteiger partial charge in [0.05, 0.1) is 5.69 Å². The summed E-state index contributed by atoms with van der Waals surface area (Å²) in [6.07, 6.45) is 0. The number of benzene rings is 1. The molecule has 0 amide bonds. The Kier molecular flexibility index (Phi) is 3.68. The highest BCUT2D eigenvalue weighted by atomic mass is 79.9. The molecule has 0 aliphatic carbocycles. The molecular formula is C11H10BrFN2S. The van der Waals surface area contributed by atoms with Gasteiger partial charge in [0.2, 0.25) is 0 Å². The Hall–Kier alpha value is -0.780. The van der Waals surface area contributed by atoms with Gasteiger partial charge in [-0.15, -0.1) is 11.3 Å². The van der Waals surface area contributed by atoms with E-state index in [1.165, 1.54) is 23.5 Å². The zero-order valence-electron chi connectivity index (χ0n) is 8.63. The largest absolute Gasteiger partial charge is 0.314 e. The smallest absolute Gasteiger partial charge is 0.124 e. The van der Waals surface area contributed by atoms with Gasteiger partial charge in [-0.25, -0.2) is 9.37 Å². The van der Waals surface area contributed by atoms with E-state index in [4.69, 9.17) is 0 Å². The Bertz CT molecular complexity index is 498. The second-order valence-corrected chi connectivity index (χ2v) is 5.01. The minimum absolute atomic E-state index is 0.247. The quantitative estimate of drug-likeness (QED) is 0.939. The molecule has 0 saturated carbocycles. The van der Waals surface area contributed by atoms with Gasteiger partial charge in [0.1, 0.15) is 10.8 Å². The highest BCUT2D eigenvalue weighted by Crippen LogP contribution is 2.31. The maximum absolute atomic E-state index is 13.1. The summed E-state index contributed by atoms with van der Waals surface area (Å²) >= 11 is 4.92. The van der Waals surface area contributed by atoms with E-state index in [1.807, 2.05) is 12.4 Å². The number of nitrogens with zero attached hydrogens (tertiary/aromatic N) is 1. The summed E-state index contributed by atoms with van der Waals surface area (Å²) in [4.78, 5) is 4.43. The molecule has 0 atom stereocenters. The molecule has 1 heterocycles. The third-order valence-electron chi connectivity index (χ3n) is 2.07. The van der Waals surface area contributed by atoms with E-state index in [0.717, 1.165) is 27.3 Å². The zero-order chi connectivity index (χ0) is 11.5. The molecule has 0 aliphatic rings. The first-order valence-corrected chi connectivity index (χ1v) is 6.42. The maximum atomic E-state index is 13.1. The fourth-order valence-electron chi connectivity index (χ4n) is 1.35. The Balaban J connectivity index is 2.38. The summed E-state index contributed by atoms with van der Waals surface area (Å²) in [6, 6.07) is 4.62. The monoisotopic (exact) mass is 300 g/mol. The normalized spacial score (nSPS) is 10.7. The molecule has 16 heavy (non-hydrogen) atoms. The van der Waals surface area contributed by atoms with Crippen molar-refractivity contribution in [3.63, 3.8) is 0 Å². The first-order chi connectivity index (χ1) is 7.70. The molecule has 0 bridgehead atoms. The van der Waals surface area contributed by atoms with Crippen LogP contribution in [0.2, 0.25) is 0 Å². The lowest BCUT2D eigenvalue weighted by Gasteiger charge is -2.00. The zero-order valence-corrected chi connectivity index (χ0v) is 11.0. The Labute approximate surface area is 106 Å². The number of aromatic nitrogens is 1. The predicted molar refractivity (Wildman–Crippen MR) is 68.0 cm³/mol. The van der Waals surface area contributed by atoms with Crippen molar-refractivity contribution in [3.05, 3.63) is 39.6 Å². The first-order valence-electron chi connectivity index (χ1n) is 4.75. The number of nitrogens with one attached hydrogen (secondary N) is 1. The second kappa shape index (κ2) is 5.03. The lowest BCUT2D eigenvalue weighted by Crippen LogP contribution is -2.04. The van der Waals surface area contributed by atoms with Crippen molar-refractivity contribution in [1.82, 2.24) is 10.3 Å². The highest BCUT2D eigenvalue weighted by Gasteiger charge is 2.09. The predicted octanol–water partition coefficient (Wildman–Crippen LogP) is 3.43. The van der Waals surface area contributed by atoms with Crippen molar-refractivity contribution >= 4 is 27.3 Å². The van der Waals surface area contributed by atoms with Crippen LogP contribution in [-0.4, -0.2) is 12.0 Å². The van der Waals surface area contributed by atoms with Crippen molar-refractivity contribution in [1.29, 1.82) is 0 Å². The Morgan fingerprint density at radius 1 is 1.50 bits per heavy atom. The van der Waals surface area contributed by atoms with Crippen LogP contribution < -0.4 is 5.32 Å². The van der Waals surface area contributed by atoms with E-state index in [9.17, 15) is 4.39 Å². The summed E-state index contributed by atoms with van der Waals surface area (Å²) in [5.41, 5.74) is 1.77. The molecule has 2 aromatic rings. The molecule has 84 valence electrons. The molecular weight excluding hydrogens is 291 g/mol. The molecule has 1 aromatic carbocycles. The number of thiazole rings is 1. The molecule has 0 spiro atoms. The van der Waals surface area contributed by atoms with Gasteiger partial charge in [-0.1, -0.05) is 15.9 Å². The van der Waals surface area contributed by atoms with Crippen LogP contribution in [0.4, 0.5) is 4.39 Å². The molecule has 0 radical (unpaired) electrons. The maximum Gasteiger partial charge on any atom is 0.124 e. The molecule has 2 nitrogen and oxygen atoms in total. The van der Waals surface area contributed by atoms with E-state index in [2.05, 4.69) is 26.2 Å². The van der Waals surface area contributed by atoms with Crippen LogP contribution in [0, 0.1) is 5.82 Å². The van der Waals surface area contributed by atoms with Gasteiger partial charge in [0.25, 0.3) is 0 Å². The number of hydrogen-bond donors (Lipinski definition) is 1. The summed E-state index contributed by atoms with van der Waals surface area (Å²) in [7, 11) is 1.87. The molecule has 0 saturated heterocycles. The second-order valence-electron chi connectivity index (χ2n) is 3.30. The lowest BCUT2D eigenvalue weighted by molar-refractivity contribution is 0.628. The summed E-state index contributed by atoms with van der Waals surface area (Å²) in [5, 5.41) is 5.84. The molecule has 5 heteroatoms. The molecule has 1 aromatic heterocycles. The number of rotatable bonds is 3. The van der Waals surface area contributed by atoms with Crippen molar-refractivity contribution in [2.45, 2.75) is 6.54 Å². The van der Waals surface area contributed by atoms with Gasteiger partial charge in [-0.2, -0.15) is 0 Å².